The molecular weight excluding hydrogens is 322 g/mol. The molecule has 1 aliphatic heterocycles. The maximum Gasteiger partial charge on any atom is 0.282 e. The van der Waals surface area contributed by atoms with Crippen LogP contribution in [-0.2, 0) is 19.7 Å². The highest BCUT2D eigenvalue weighted by atomic mass is 32.2. The van der Waals surface area contributed by atoms with Crippen LogP contribution < -0.4 is 5.32 Å². The lowest BCUT2D eigenvalue weighted by molar-refractivity contribution is 0.0269. The second-order valence-corrected chi connectivity index (χ2v) is 7.31. The Morgan fingerprint density at radius 2 is 2.30 bits per heavy atom. The molecule has 1 unspecified atom stereocenters. The number of hydrogen-bond acceptors (Lipinski definition) is 7. The first kappa shape index (κ1) is 18.0. The first-order valence-electron chi connectivity index (χ1n) is 7.29. The van der Waals surface area contributed by atoms with Gasteiger partial charge in [0.1, 0.15) is 11.9 Å². The van der Waals surface area contributed by atoms with Crippen molar-refractivity contribution >= 4 is 16.0 Å². The number of ether oxygens (including phenoxy) is 2. The van der Waals surface area contributed by atoms with Gasteiger partial charge in [0.15, 0.2) is 5.82 Å². The summed E-state index contributed by atoms with van der Waals surface area (Å²) in [5.74, 6) is 1.04. The summed E-state index contributed by atoms with van der Waals surface area (Å²) < 4.78 is 37.9. The van der Waals surface area contributed by atoms with Crippen molar-refractivity contribution in [2.75, 3.05) is 59.4 Å². The number of nitrogens with zero attached hydrogens (tertiary/aromatic N) is 4. The van der Waals surface area contributed by atoms with Crippen molar-refractivity contribution in [2.45, 2.75) is 6.04 Å². The van der Waals surface area contributed by atoms with Gasteiger partial charge in [-0.15, -0.1) is 0 Å². The van der Waals surface area contributed by atoms with Crippen LogP contribution in [0.4, 0.5) is 5.82 Å². The van der Waals surface area contributed by atoms with Crippen LogP contribution in [0, 0.1) is 0 Å². The summed E-state index contributed by atoms with van der Waals surface area (Å²) in [7, 11) is 1.07. The molecule has 2 heterocycles. The maximum absolute atomic E-state index is 12.5. The van der Waals surface area contributed by atoms with E-state index in [0.717, 1.165) is 0 Å². The standard InChI is InChI=1S/C13H23N5O4S/c1-17(2)23(19,20)18-7-9-22-10-11(18)13-15-5-4-12(16-13)14-6-8-21-3/h4-5,11H,6-10H2,1-3H3,(H,14,15,16). The van der Waals surface area contributed by atoms with E-state index in [1.165, 1.54) is 22.7 Å². The second kappa shape index (κ2) is 7.97. The first-order valence-corrected chi connectivity index (χ1v) is 8.69. The topological polar surface area (TPSA) is 96.9 Å². The van der Waals surface area contributed by atoms with Gasteiger partial charge >= 0.3 is 0 Å². The Morgan fingerprint density at radius 3 is 3.00 bits per heavy atom. The molecule has 1 atom stereocenters. The number of aromatic nitrogens is 2. The van der Waals surface area contributed by atoms with E-state index in [2.05, 4.69) is 15.3 Å². The SMILES string of the molecule is COCCNc1ccnc(C2COCCN2S(=O)(=O)N(C)C)n1. The monoisotopic (exact) mass is 345 g/mol. The minimum absolute atomic E-state index is 0.231. The molecule has 10 heteroatoms. The number of rotatable bonds is 7. The van der Waals surface area contributed by atoms with Crippen LogP contribution in [0.25, 0.3) is 0 Å². The van der Waals surface area contributed by atoms with Gasteiger partial charge in [-0.25, -0.2) is 9.97 Å². The first-order chi connectivity index (χ1) is 11.0. The third-order valence-electron chi connectivity index (χ3n) is 3.42. The molecule has 1 aromatic rings. The molecule has 0 bridgehead atoms. The van der Waals surface area contributed by atoms with Crippen LogP contribution in [0.2, 0.25) is 0 Å². The summed E-state index contributed by atoms with van der Waals surface area (Å²) in [4.78, 5) is 8.64. The molecule has 0 amide bonds. The van der Waals surface area contributed by atoms with Crippen LogP contribution in [0.5, 0.6) is 0 Å². The lowest BCUT2D eigenvalue weighted by Gasteiger charge is -2.35. The fourth-order valence-electron chi connectivity index (χ4n) is 2.19. The molecule has 0 aliphatic carbocycles. The summed E-state index contributed by atoms with van der Waals surface area (Å²) >= 11 is 0. The Bertz CT molecular complexity index is 610. The predicted octanol–water partition coefficient (Wildman–Crippen LogP) is -0.285. The van der Waals surface area contributed by atoms with E-state index in [0.29, 0.717) is 31.4 Å². The van der Waals surface area contributed by atoms with E-state index in [-0.39, 0.29) is 13.2 Å². The van der Waals surface area contributed by atoms with Gasteiger partial charge < -0.3 is 14.8 Å². The van der Waals surface area contributed by atoms with E-state index >= 15 is 0 Å². The van der Waals surface area contributed by atoms with Crippen molar-refractivity contribution < 1.29 is 17.9 Å². The average Bonchev–Trinajstić information content (AvgIpc) is 2.55. The van der Waals surface area contributed by atoms with Crippen LogP contribution in [0.3, 0.4) is 0 Å². The fourth-order valence-corrected chi connectivity index (χ4v) is 3.39. The molecule has 1 saturated heterocycles. The zero-order valence-corrected chi connectivity index (χ0v) is 14.4. The van der Waals surface area contributed by atoms with Gasteiger partial charge in [0.2, 0.25) is 0 Å². The lowest BCUT2D eigenvalue weighted by Crippen LogP contribution is -2.48. The van der Waals surface area contributed by atoms with Crippen molar-refractivity contribution in [2.24, 2.45) is 0 Å². The summed E-state index contributed by atoms with van der Waals surface area (Å²) in [6.45, 7) is 2.01. The number of morpholine rings is 1. The van der Waals surface area contributed by atoms with Gasteiger partial charge in [0, 0.05) is 40.5 Å². The van der Waals surface area contributed by atoms with Crippen LogP contribution in [0.15, 0.2) is 12.3 Å². The smallest absolute Gasteiger partial charge is 0.282 e. The molecule has 1 fully saturated rings. The maximum atomic E-state index is 12.5. The molecule has 0 spiro atoms. The van der Waals surface area contributed by atoms with E-state index < -0.39 is 16.3 Å². The molecule has 0 radical (unpaired) electrons. The van der Waals surface area contributed by atoms with Crippen molar-refractivity contribution in [3.05, 3.63) is 18.1 Å². The van der Waals surface area contributed by atoms with Gasteiger partial charge in [-0.05, 0) is 6.07 Å². The molecule has 0 saturated carbocycles. The Kier molecular flexibility index (Phi) is 6.25. The molecular formula is C13H23N5O4S. The van der Waals surface area contributed by atoms with Crippen molar-refractivity contribution in [1.82, 2.24) is 18.6 Å². The normalized spacial score (nSPS) is 19.9. The van der Waals surface area contributed by atoms with E-state index in [4.69, 9.17) is 9.47 Å². The summed E-state index contributed by atoms with van der Waals surface area (Å²) in [5, 5.41) is 3.11. The van der Waals surface area contributed by atoms with Crippen LogP contribution in [0.1, 0.15) is 11.9 Å². The van der Waals surface area contributed by atoms with Gasteiger partial charge in [-0.1, -0.05) is 0 Å². The highest BCUT2D eigenvalue weighted by Gasteiger charge is 2.37. The summed E-state index contributed by atoms with van der Waals surface area (Å²) in [5.41, 5.74) is 0. The highest BCUT2D eigenvalue weighted by Crippen LogP contribution is 2.26. The summed E-state index contributed by atoms with van der Waals surface area (Å²) in [6.07, 6.45) is 1.60. The summed E-state index contributed by atoms with van der Waals surface area (Å²) in [6, 6.07) is 1.19. The second-order valence-electron chi connectivity index (χ2n) is 5.21. The molecule has 1 aromatic heterocycles. The van der Waals surface area contributed by atoms with E-state index in [1.54, 1.807) is 19.4 Å². The molecule has 130 valence electrons. The third-order valence-corrected chi connectivity index (χ3v) is 5.37. The Labute approximate surface area is 136 Å². The number of nitrogens with one attached hydrogen (secondary N) is 1. The van der Waals surface area contributed by atoms with Crippen molar-refractivity contribution in [1.29, 1.82) is 0 Å². The van der Waals surface area contributed by atoms with Gasteiger partial charge in [0.05, 0.1) is 19.8 Å². The molecule has 1 aliphatic rings. The van der Waals surface area contributed by atoms with E-state index in [1.807, 2.05) is 0 Å². The zero-order valence-electron chi connectivity index (χ0n) is 13.6. The molecule has 1 N–H and O–H groups in total. The Morgan fingerprint density at radius 1 is 1.52 bits per heavy atom. The Hall–Kier alpha value is -1.33. The minimum Gasteiger partial charge on any atom is -0.383 e. The number of hydrogen-bond donors (Lipinski definition) is 1. The average molecular weight is 345 g/mol. The third kappa shape index (κ3) is 4.36. The molecule has 9 nitrogen and oxygen atoms in total. The molecule has 2 rings (SSSR count). The van der Waals surface area contributed by atoms with Crippen molar-refractivity contribution in [3.63, 3.8) is 0 Å². The minimum atomic E-state index is -3.56. The zero-order chi connectivity index (χ0) is 16.9. The molecule has 23 heavy (non-hydrogen) atoms. The number of methoxy groups -OCH3 is 1. The highest BCUT2D eigenvalue weighted by molar-refractivity contribution is 7.86. The van der Waals surface area contributed by atoms with Gasteiger partial charge in [-0.2, -0.15) is 17.0 Å². The molecule has 0 aromatic carbocycles. The van der Waals surface area contributed by atoms with E-state index in [9.17, 15) is 8.42 Å². The quantitative estimate of drug-likeness (QED) is 0.679. The largest absolute Gasteiger partial charge is 0.383 e. The van der Waals surface area contributed by atoms with Gasteiger partial charge in [-0.3, -0.25) is 0 Å². The predicted molar refractivity (Wildman–Crippen MR) is 85.3 cm³/mol. The lowest BCUT2D eigenvalue weighted by atomic mass is 10.2. The number of anilines is 1. The van der Waals surface area contributed by atoms with Crippen LogP contribution >= 0.6 is 0 Å². The van der Waals surface area contributed by atoms with Gasteiger partial charge in [0.25, 0.3) is 10.2 Å². The van der Waals surface area contributed by atoms with Crippen molar-refractivity contribution in [3.8, 4) is 0 Å². The fraction of sp³-hybridized carbons (Fsp3) is 0.692. The van der Waals surface area contributed by atoms with Crippen LogP contribution in [-0.4, -0.2) is 81.1 Å². The Balaban J connectivity index is 2.22.